The van der Waals surface area contributed by atoms with Crippen molar-refractivity contribution in [2.45, 2.75) is 0 Å². The van der Waals surface area contributed by atoms with Crippen LogP contribution in [0.25, 0.3) is 82.9 Å². The molecule has 0 fully saturated rings. The average Bonchev–Trinajstić information content (AvgIpc) is 4.34. The van der Waals surface area contributed by atoms with Crippen molar-refractivity contribution in [3.05, 3.63) is 285 Å². The highest BCUT2D eigenvalue weighted by atomic mass is 32.1. The number of pyridine rings is 1. The van der Waals surface area contributed by atoms with Crippen LogP contribution in [0.2, 0.25) is 0 Å². The van der Waals surface area contributed by atoms with E-state index in [-0.39, 0.29) is 0 Å². The number of rotatable bonds is 10. The van der Waals surface area contributed by atoms with Gasteiger partial charge in [0.2, 0.25) is 0 Å². The zero-order valence-corrected chi connectivity index (χ0v) is 46.3. The first-order valence-electron chi connectivity index (χ1n) is 26.2. The Balaban J connectivity index is 0.967. The summed E-state index contributed by atoms with van der Waals surface area (Å²) in [6.07, 6.45) is 1.99. The predicted molar refractivity (Wildman–Crippen MR) is 341 cm³/mol. The lowest BCUT2D eigenvalue weighted by atomic mass is 10.0. The van der Waals surface area contributed by atoms with Gasteiger partial charge in [-0.2, -0.15) is 0 Å². The van der Waals surface area contributed by atoms with Gasteiger partial charge in [-0.1, -0.05) is 249 Å². The summed E-state index contributed by atoms with van der Waals surface area (Å²) < 4.78 is 7.76. The molecular weight excluding hydrogens is 1020 g/mol. The molecule has 0 aliphatic heterocycles. The normalized spacial score (nSPS) is 12.2. The third-order valence-electron chi connectivity index (χ3n) is 16.0. The molecule has 1 nitrogen and oxygen atoms in total. The lowest BCUT2D eigenvalue weighted by Gasteiger charge is -2.35. The van der Waals surface area contributed by atoms with E-state index >= 15 is 0 Å². The Morgan fingerprint density at radius 2 is 0.636 bits per heavy atom. The molecule has 0 amide bonds. The highest BCUT2D eigenvalue weighted by molar-refractivity contribution is 7.27. The topological polar surface area (TPSA) is 12.9 Å². The van der Waals surface area contributed by atoms with Gasteiger partial charge >= 0.3 is 0 Å². The second kappa shape index (κ2) is 18.7. The minimum atomic E-state index is -3.03. The van der Waals surface area contributed by atoms with Crippen LogP contribution in [-0.4, -0.2) is 21.1 Å². The van der Waals surface area contributed by atoms with Gasteiger partial charge in [-0.05, 0) is 83.0 Å². The summed E-state index contributed by atoms with van der Waals surface area (Å²) in [4.78, 5) is 5.15. The van der Waals surface area contributed by atoms with Crippen LogP contribution in [0.3, 0.4) is 0 Å². The van der Waals surface area contributed by atoms with Gasteiger partial charge in [0.25, 0.3) is 0 Å². The van der Waals surface area contributed by atoms with E-state index < -0.39 is 16.1 Å². The molecule has 6 heteroatoms. The summed E-state index contributed by atoms with van der Waals surface area (Å²) in [6.45, 7) is 0. The molecule has 4 heterocycles. The van der Waals surface area contributed by atoms with Crippen molar-refractivity contribution in [2.75, 3.05) is 0 Å². The fourth-order valence-corrected chi connectivity index (χ4v) is 25.8. The number of benzene rings is 11. The van der Waals surface area contributed by atoms with Crippen molar-refractivity contribution < 1.29 is 0 Å². The molecule has 15 rings (SSSR count). The van der Waals surface area contributed by atoms with E-state index in [4.69, 9.17) is 4.98 Å². The minimum Gasteiger partial charge on any atom is -0.255 e. The van der Waals surface area contributed by atoms with Gasteiger partial charge in [-0.15, -0.1) is 34.0 Å². The molecule has 77 heavy (non-hydrogen) atoms. The van der Waals surface area contributed by atoms with E-state index in [1.165, 1.54) is 113 Å². The molecule has 0 atom stereocenters. The van der Waals surface area contributed by atoms with E-state index in [9.17, 15) is 0 Å². The maximum absolute atomic E-state index is 5.15. The average molecular weight is 1070 g/mol. The molecule has 0 radical (unpaired) electrons. The molecule has 0 bridgehead atoms. The van der Waals surface area contributed by atoms with Gasteiger partial charge in [-0.3, -0.25) is 4.98 Å². The molecule has 0 spiro atoms. The zero-order valence-electron chi connectivity index (χ0n) is 41.8. The van der Waals surface area contributed by atoms with Crippen LogP contribution in [0.4, 0.5) is 0 Å². The molecule has 0 N–H and O–H groups in total. The number of hydrogen-bond acceptors (Lipinski definition) is 4. The lowest BCUT2D eigenvalue weighted by molar-refractivity contribution is 1.37. The van der Waals surface area contributed by atoms with E-state index in [0.717, 1.165) is 11.3 Å². The van der Waals surface area contributed by atoms with Crippen LogP contribution in [-0.2, 0) is 0 Å². The Bertz CT molecular complexity index is 4320. The van der Waals surface area contributed by atoms with Crippen molar-refractivity contribution in [3.8, 4) is 22.4 Å². The molecule has 0 saturated carbocycles. The number of fused-ring (bicyclic) bond motifs is 9. The van der Waals surface area contributed by atoms with Crippen LogP contribution in [0.1, 0.15) is 0 Å². The Hall–Kier alpha value is -8.34. The van der Waals surface area contributed by atoms with E-state index in [1.807, 2.05) is 40.2 Å². The summed E-state index contributed by atoms with van der Waals surface area (Å²) >= 11 is 5.65. The fraction of sp³-hybridized carbons (Fsp3) is 0. The van der Waals surface area contributed by atoms with Crippen molar-refractivity contribution in [2.24, 2.45) is 0 Å². The van der Waals surface area contributed by atoms with Gasteiger partial charge in [0, 0.05) is 67.6 Å². The summed E-state index contributed by atoms with van der Waals surface area (Å²) in [7, 11) is -6.04. The van der Waals surface area contributed by atoms with Crippen molar-refractivity contribution in [3.63, 3.8) is 0 Å². The van der Waals surface area contributed by atoms with Crippen molar-refractivity contribution in [1.82, 2.24) is 4.98 Å². The van der Waals surface area contributed by atoms with Crippen LogP contribution in [0, 0.1) is 0 Å². The minimum absolute atomic E-state index is 1.04. The quantitative estimate of drug-likeness (QED) is 0.0982. The lowest BCUT2D eigenvalue weighted by Crippen LogP contribution is -2.74. The van der Waals surface area contributed by atoms with E-state index in [2.05, 4.69) is 279 Å². The molecule has 11 aromatic carbocycles. The first kappa shape index (κ1) is 46.0. The molecule has 0 aliphatic rings. The molecule has 15 aromatic rings. The van der Waals surface area contributed by atoms with Gasteiger partial charge in [0.15, 0.2) is 16.1 Å². The number of aromatic nitrogens is 1. The molecular formula is C71H47NS3Si2. The van der Waals surface area contributed by atoms with Crippen molar-refractivity contribution >= 4 is 152 Å². The summed E-state index contributed by atoms with van der Waals surface area (Å²) in [6, 6.07) is 106. The van der Waals surface area contributed by atoms with Crippen LogP contribution < -0.4 is 41.5 Å². The number of hydrogen-bond donors (Lipinski definition) is 0. The van der Waals surface area contributed by atoms with Gasteiger partial charge in [0.1, 0.15) is 0 Å². The van der Waals surface area contributed by atoms with Crippen LogP contribution in [0.15, 0.2) is 285 Å². The first-order valence-corrected chi connectivity index (χ1v) is 32.7. The van der Waals surface area contributed by atoms with Crippen LogP contribution >= 0.6 is 34.0 Å². The van der Waals surface area contributed by atoms with E-state index in [1.54, 1.807) is 0 Å². The summed E-state index contributed by atoms with van der Waals surface area (Å²) in [5, 5.41) is 18.6. The SMILES string of the molecule is c1ccc([Si](c2ccccc2)(c2cccc(-c3cccc4c3sc3ccccc34)c2)c2ccc3sc4ccc([Si](c5ccccc5)(c5ccccc5)c5cccc(-c6nccc7c6sc6ccccc67)c5)cc4c3c2)cc1. The summed E-state index contributed by atoms with van der Waals surface area (Å²) in [5.41, 5.74) is 4.71. The standard InChI is InChI=1S/C71H47NS3Si2/c1-5-22-50(23-6-1)76(51-24-7-2-8-25-51,54-30-17-20-48(44-54)58-34-19-35-61-59-32-13-15-36-65(59)74-70(58)61)56-38-40-67-63(46-56)64-47-57(39-41-68(64)73-67)77(52-26-9-3-10-27-52,53-28-11-4-12-29-53)55-31-18-21-49(45-55)69-71-62(42-43-72-69)60-33-14-16-37-66(60)75-71/h1-47H. The van der Waals surface area contributed by atoms with Crippen LogP contribution in [0.5, 0.6) is 0 Å². The fourth-order valence-electron chi connectivity index (χ4n) is 12.6. The Labute approximate surface area is 461 Å². The largest absolute Gasteiger partial charge is 0.255 e. The first-order chi connectivity index (χ1) is 38.2. The molecule has 0 aliphatic carbocycles. The second-order valence-corrected chi connectivity index (χ2v) is 30.9. The molecule has 0 saturated heterocycles. The Kier molecular flexibility index (Phi) is 11.2. The smallest absolute Gasteiger partial charge is 0.179 e. The highest BCUT2D eigenvalue weighted by Crippen LogP contribution is 2.41. The van der Waals surface area contributed by atoms with Gasteiger partial charge in [-0.25, -0.2) is 0 Å². The predicted octanol–water partition coefficient (Wildman–Crippen LogP) is 14.3. The van der Waals surface area contributed by atoms with Gasteiger partial charge < -0.3 is 0 Å². The second-order valence-electron chi connectivity index (χ2n) is 20.1. The van der Waals surface area contributed by atoms with Gasteiger partial charge in [0.05, 0.1) is 10.4 Å². The third kappa shape index (κ3) is 7.32. The maximum atomic E-state index is 5.15. The monoisotopic (exact) mass is 1070 g/mol. The maximum Gasteiger partial charge on any atom is 0.179 e. The Morgan fingerprint density at radius 1 is 0.247 bits per heavy atom. The molecule has 0 unspecified atom stereocenters. The molecule has 4 aromatic heterocycles. The van der Waals surface area contributed by atoms with Crippen molar-refractivity contribution in [1.29, 1.82) is 0 Å². The third-order valence-corrected chi connectivity index (χ3v) is 29.1. The van der Waals surface area contributed by atoms with E-state index in [0.29, 0.717) is 0 Å². The Morgan fingerprint density at radius 3 is 1.17 bits per heavy atom. The summed E-state index contributed by atoms with van der Waals surface area (Å²) in [5.74, 6) is 0. The number of nitrogens with zero attached hydrogens (tertiary/aromatic N) is 1. The zero-order chi connectivity index (χ0) is 50.9. The number of thiophene rings is 3. The molecule has 362 valence electrons. The highest BCUT2D eigenvalue weighted by Gasteiger charge is 2.44.